The standard InChI is InChI=1S/C26H34N6O7/c1-15(2)22(26(38)32(29-39)18-9-6-5-7-10-18)28-24(36)19-11-8-14-30(19)25(37)16(3)27-23(35)17(4)31-20(33)12-13-21(31)34/h5-7,9-10,15-17,19,22H,8,11-14H2,1-4H3,(H,27,35)(H,28,36)/t16-,17-,19-,22-/m0/s1. The van der Waals surface area contributed by atoms with Crippen LogP contribution in [-0.2, 0) is 28.8 Å². The average Bonchev–Trinajstić information content (AvgIpc) is 3.53. The van der Waals surface area contributed by atoms with Gasteiger partial charge < -0.3 is 15.5 Å². The van der Waals surface area contributed by atoms with Crippen LogP contribution in [0.1, 0.15) is 53.4 Å². The van der Waals surface area contributed by atoms with Gasteiger partial charge in [0.05, 0.1) is 11.0 Å². The van der Waals surface area contributed by atoms with E-state index in [0.717, 1.165) is 4.90 Å². The van der Waals surface area contributed by atoms with Gasteiger partial charge in [0.2, 0.25) is 29.5 Å². The molecule has 0 radical (unpaired) electrons. The Hall–Kier alpha value is -4.16. The van der Waals surface area contributed by atoms with Crippen molar-refractivity contribution in [2.75, 3.05) is 11.6 Å². The molecule has 6 amide bonds. The molecule has 2 aliphatic rings. The summed E-state index contributed by atoms with van der Waals surface area (Å²) in [5.74, 6) is -3.73. The van der Waals surface area contributed by atoms with Crippen molar-refractivity contribution < 1.29 is 28.8 Å². The van der Waals surface area contributed by atoms with E-state index < -0.39 is 65.5 Å². The zero-order valence-corrected chi connectivity index (χ0v) is 22.5. The molecular formula is C26H34N6O7. The van der Waals surface area contributed by atoms with Crippen LogP contribution in [0.25, 0.3) is 0 Å². The first-order valence-corrected chi connectivity index (χ1v) is 13.0. The van der Waals surface area contributed by atoms with E-state index in [4.69, 9.17) is 0 Å². The highest BCUT2D eigenvalue weighted by Crippen LogP contribution is 2.22. The van der Waals surface area contributed by atoms with Crippen LogP contribution < -0.4 is 15.6 Å². The van der Waals surface area contributed by atoms with Crippen LogP contribution in [0.15, 0.2) is 35.6 Å². The highest BCUT2D eigenvalue weighted by molar-refractivity contribution is 6.06. The fourth-order valence-electron chi connectivity index (χ4n) is 4.77. The summed E-state index contributed by atoms with van der Waals surface area (Å²) in [6.45, 7) is 6.56. The van der Waals surface area contributed by atoms with E-state index in [-0.39, 0.29) is 25.1 Å². The Morgan fingerprint density at radius 3 is 2.15 bits per heavy atom. The molecule has 0 bridgehead atoms. The maximum Gasteiger partial charge on any atom is 0.272 e. The number of benzene rings is 1. The van der Waals surface area contributed by atoms with Crippen LogP contribution in [0, 0.1) is 10.8 Å². The van der Waals surface area contributed by atoms with Crippen molar-refractivity contribution in [3.8, 4) is 0 Å². The van der Waals surface area contributed by atoms with Crippen molar-refractivity contribution in [1.82, 2.24) is 20.4 Å². The van der Waals surface area contributed by atoms with Crippen molar-refractivity contribution in [1.29, 1.82) is 0 Å². The summed E-state index contributed by atoms with van der Waals surface area (Å²) in [6.07, 6.45) is 0.964. The Morgan fingerprint density at radius 2 is 1.59 bits per heavy atom. The summed E-state index contributed by atoms with van der Waals surface area (Å²) in [7, 11) is 0. The Balaban J connectivity index is 1.67. The van der Waals surface area contributed by atoms with Crippen molar-refractivity contribution in [2.45, 2.75) is 77.5 Å². The lowest BCUT2D eigenvalue weighted by Crippen LogP contribution is -2.58. The molecule has 39 heavy (non-hydrogen) atoms. The van der Waals surface area contributed by atoms with E-state index in [1.165, 1.54) is 18.7 Å². The lowest BCUT2D eigenvalue weighted by atomic mass is 10.0. The number of para-hydroxylation sites is 1. The third-order valence-electron chi connectivity index (χ3n) is 6.95. The highest BCUT2D eigenvalue weighted by Gasteiger charge is 2.41. The van der Waals surface area contributed by atoms with Crippen molar-refractivity contribution in [2.24, 2.45) is 11.2 Å². The summed E-state index contributed by atoms with van der Waals surface area (Å²) in [5, 5.41) is 8.75. The summed E-state index contributed by atoms with van der Waals surface area (Å²) in [4.78, 5) is 90.0. The predicted molar refractivity (Wildman–Crippen MR) is 139 cm³/mol. The molecule has 0 saturated carbocycles. The first-order chi connectivity index (χ1) is 18.5. The van der Waals surface area contributed by atoms with Gasteiger partial charge in [-0.05, 0) is 44.7 Å². The number of carbonyl (C=O) groups excluding carboxylic acids is 6. The van der Waals surface area contributed by atoms with Crippen molar-refractivity contribution >= 4 is 41.1 Å². The van der Waals surface area contributed by atoms with Gasteiger partial charge in [-0.15, -0.1) is 4.91 Å². The minimum Gasteiger partial charge on any atom is -0.343 e. The van der Waals surface area contributed by atoms with Gasteiger partial charge in [-0.3, -0.25) is 33.7 Å². The SMILES string of the molecule is CC(C)[C@H](NC(=O)[C@@H]1CCCN1C(=O)[C@H](C)NC(=O)[C@H](C)N1C(=O)CCC1=O)C(=O)N(N=O)c1ccccc1. The number of hydrogen-bond donors (Lipinski definition) is 2. The molecule has 2 aliphatic heterocycles. The molecular weight excluding hydrogens is 508 g/mol. The number of nitrogens with one attached hydrogen (secondary N) is 2. The van der Waals surface area contributed by atoms with Crippen LogP contribution in [0.4, 0.5) is 5.69 Å². The maximum atomic E-state index is 13.3. The number of carbonyl (C=O) groups is 6. The maximum absolute atomic E-state index is 13.3. The Bertz CT molecular complexity index is 1120. The molecule has 2 N–H and O–H groups in total. The topological polar surface area (TPSA) is 166 Å². The van der Waals surface area contributed by atoms with Gasteiger partial charge >= 0.3 is 0 Å². The smallest absolute Gasteiger partial charge is 0.272 e. The molecule has 0 unspecified atom stereocenters. The molecule has 1 aromatic carbocycles. The molecule has 13 nitrogen and oxygen atoms in total. The van der Waals surface area contributed by atoms with Gasteiger partial charge in [0.1, 0.15) is 24.2 Å². The van der Waals surface area contributed by atoms with E-state index in [1.54, 1.807) is 44.2 Å². The number of imide groups is 1. The van der Waals surface area contributed by atoms with Crippen molar-refractivity contribution in [3.05, 3.63) is 35.2 Å². The number of anilines is 1. The van der Waals surface area contributed by atoms with Crippen molar-refractivity contribution in [3.63, 3.8) is 0 Å². The molecule has 210 valence electrons. The van der Waals surface area contributed by atoms with E-state index in [9.17, 15) is 33.7 Å². The summed E-state index contributed by atoms with van der Waals surface area (Å²) in [5.41, 5.74) is 0.256. The largest absolute Gasteiger partial charge is 0.343 e. The van der Waals surface area contributed by atoms with Gasteiger partial charge in [-0.2, -0.15) is 5.01 Å². The Labute approximate surface area is 226 Å². The van der Waals surface area contributed by atoms with Gasteiger partial charge in [-0.25, -0.2) is 0 Å². The molecule has 3 rings (SSSR count). The monoisotopic (exact) mass is 542 g/mol. The second kappa shape index (κ2) is 12.6. The molecule has 0 aliphatic carbocycles. The third-order valence-corrected chi connectivity index (χ3v) is 6.95. The van der Waals surface area contributed by atoms with Crippen LogP contribution in [-0.4, -0.2) is 76.0 Å². The normalized spacial score (nSPS) is 19.5. The molecule has 13 heteroatoms. The first-order valence-electron chi connectivity index (χ1n) is 13.0. The zero-order chi connectivity index (χ0) is 28.9. The first kappa shape index (κ1) is 29.4. The van der Waals surface area contributed by atoms with Gasteiger partial charge in [0.15, 0.2) is 0 Å². The zero-order valence-electron chi connectivity index (χ0n) is 22.5. The molecule has 2 saturated heterocycles. The van der Waals surface area contributed by atoms with Gasteiger partial charge in [-0.1, -0.05) is 32.0 Å². The fraction of sp³-hybridized carbons (Fsp3) is 0.538. The Morgan fingerprint density at radius 1 is 0.974 bits per heavy atom. The molecule has 2 heterocycles. The Kier molecular flexibility index (Phi) is 9.49. The molecule has 2 fully saturated rings. The molecule has 4 atom stereocenters. The number of likely N-dealkylation sites (tertiary alicyclic amines) is 2. The van der Waals surface area contributed by atoms with Crippen LogP contribution in [0.5, 0.6) is 0 Å². The summed E-state index contributed by atoms with van der Waals surface area (Å²) in [6, 6.07) is 4.03. The summed E-state index contributed by atoms with van der Waals surface area (Å²) >= 11 is 0. The van der Waals surface area contributed by atoms with Gasteiger partial charge in [0, 0.05) is 19.4 Å². The highest BCUT2D eigenvalue weighted by atomic mass is 16.3. The van der Waals surface area contributed by atoms with E-state index >= 15 is 0 Å². The lowest BCUT2D eigenvalue weighted by molar-refractivity contribution is -0.147. The number of hydrogen-bond acceptors (Lipinski definition) is 8. The molecule has 0 aromatic heterocycles. The van der Waals surface area contributed by atoms with Gasteiger partial charge in [0.25, 0.3) is 5.91 Å². The number of amides is 6. The lowest BCUT2D eigenvalue weighted by Gasteiger charge is -2.30. The minimum atomic E-state index is -1.08. The molecule has 1 aromatic rings. The van der Waals surface area contributed by atoms with E-state index in [0.29, 0.717) is 17.9 Å². The van der Waals surface area contributed by atoms with Crippen LogP contribution >= 0.6 is 0 Å². The number of nitrogens with zero attached hydrogens (tertiary/aromatic N) is 4. The number of nitroso groups, excluding NO2 is 1. The second-order valence-electron chi connectivity index (χ2n) is 10.1. The summed E-state index contributed by atoms with van der Waals surface area (Å²) < 4.78 is 0. The quantitative estimate of drug-likeness (QED) is 0.251. The minimum absolute atomic E-state index is 0.0431. The average molecular weight is 543 g/mol. The number of rotatable bonds is 10. The van der Waals surface area contributed by atoms with E-state index in [2.05, 4.69) is 15.9 Å². The molecule has 0 spiro atoms. The fourth-order valence-corrected chi connectivity index (χ4v) is 4.77. The second-order valence-corrected chi connectivity index (χ2v) is 10.1. The predicted octanol–water partition coefficient (Wildman–Crippen LogP) is 0.875. The third kappa shape index (κ3) is 6.47. The van der Waals surface area contributed by atoms with E-state index in [1.807, 2.05) is 0 Å². The van der Waals surface area contributed by atoms with Crippen LogP contribution in [0.3, 0.4) is 0 Å². The van der Waals surface area contributed by atoms with Crippen LogP contribution in [0.2, 0.25) is 0 Å².